The summed E-state index contributed by atoms with van der Waals surface area (Å²) in [6.07, 6.45) is 4.04. The van der Waals surface area contributed by atoms with E-state index in [1.54, 1.807) is 12.1 Å². The van der Waals surface area contributed by atoms with E-state index in [9.17, 15) is 24.8 Å². The third-order valence-corrected chi connectivity index (χ3v) is 9.37. The Kier molecular flexibility index (Phi) is 8.26. The van der Waals surface area contributed by atoms with Crippen LogP contribution in [0.3, 0.4) is 0 Å². The summed E-state index contributed by atoms with van der Waals surface area (Å²) in [5.41, 5.74) is 3.45. The summed E-state index contributed by atoms with van der Waals surface area (Å²) in [4.78, 5) is 29.2. The van der Waals surface area contributed by atoms with Crippen molar-refractivity contribution >= 4 is 52.3 Å². The highest BCUT2D eigenvalue weighted by Gasteiger charge is 2.57. The summed E-state index contributed by atoms with van der Waals surface area (Å²) in [6, 6.07) is 9.10. The van der Waals surface area contributed by atoms with Crippen LogP contribution in [0.4, 0.5) is 0 Å². The highest BCUT2D eigenvalue weighted by atomic mass is 79.9. The lowest BCUT2D eigenvalue weighted by molar-refractivity contribution is -0.140. The van der Waals surface area contributed by atoms with E-state index in [2.05, 4.69) is 22.9 Å². The Labute approximate surface area is 235 Å². The molecule has 2 aliphatic heterocycles. The van der Waals surface area contributed by atoms with Crippen LogP contribution >= 0.6 is 27.3 Å². The number of imide groups is 1. The second-order valence-electron chi connectivity index (χ2n) is 10.2. The second-order valence-corrected chi connectivity index (χ2v) is 12.2. The molecule has 3 N–H and O–H groups in total. The van der Waals surface area contributed by atoms with Crippen LogP contribution < -0.4 is 0 Å². The molecule has 200 valence electrons. The van der Waals surface area contributed by atoms with Gasteiger partial charge in [0.25, 0.3) is 0 Å². The summed E-state index contributed by atoms with van der Waals surface area (Å²) in [6.45, 7) is 2.10. The number of phenolic OH excluding ortho intramolecular Hbond substituents is 1. The Bertz CT molecular complexity index is 1280. The topological polar surface area (TPSA) is 107 Å². The molecular weight excluding hydrogens is 569 g/mol. The molecule has 2 amide bonds. The van der Waals surface area contributed by atoms with E-state index in [1.165, 1.54) is 16.2 Å². The second kappa shape index (κ2) is 11.5. The number of nitrogens with zero attached hydrogens (tertiary/aromatic N) is 1. The molecule has 0 unspecified atom stereocenters. The van der Waals surface area contributed by atoms with Gasteiger partial charge in [-0.2, -0.15) is 0 Å². The summed E-state index contributed by atoms with van der Waals surface area (Å²) in [5, 5.41) is 33.2. The molecule has 1 aliphatic carbocycles. The van der Waals surface area contributed by atoms with E-state index in [0.717, 1.165) is 38.1 Å². The lowest BCUT2D eigenvalue weighted by atomic mass is 9.58. The van der Waals surface area contributed by atoms with Crippen molar-refractivity contribution in [3.05, 3.63) is 67.3 Å². The molecule has 10 heteroatoms. The maximum atomic E-state index is 13.6. The molecule has 2 fully saturated rings. The number of rotatable bonds is 8. The minimum Gasteiger partial charge on any atom is -0.507 e. The first-order chi connectivity index (χ1) is 18.3. The number of fused-ring (bicyclic) bond motifs is 3. The molecule has 0 saturated carbocycles. The van der Waals surface area contributed by atoms with Crippen molar-refractivity contribution in [2.45, 2.75) is 51.6 Å². The number of thiophene rings is 1. The number of allylic oxidation sites excluding steroid dienone is 1. The number of aliphatic hydroxyl groups excluding tert-OH is 1. The molecule has 1 aromatic heterocycles. The van der Waals surface area contributed by atoms with Crippen LogP contribution in [0.25, 0.3) is 6.08 Å². The third kappa shape index (κ3) is 5.29. The van der Waals surface area contributed by atoms with E-state index in [-0.39, 0.29) is 43.0 Å². The molecule has 38 heavy (non-hydrogen) atoms. The number of halogens is 1. The predicted molar refractivity (Wildman–Crippen MR) is 150 cm³/mol. The standard InChI is InChI=1S/C28H31BBrNO6S/c1-2-16(10-17-11-19(30)6-7-23(17)33)5-8-24-25-18(15-32)12-21-26(22(25)13-29(36)37-24)28(35)31(27(21)34)14-20-4-3-9-38-20/h3-4,6-7,9-11,21-22,24,26,32-33,36H,2,5,8,12-15H2,1H3/b16-10+/t21-,22+,24-,26-/m1/s1. The van der Waals surface area contributed by atoms with E-state index in [4.69, 9.17) is 4.65 Å². The molecule has 3 aliphatic rings. The van der Waals surface area contributed by atoms with Crippen molar-refractivity contribution in [1.29, 1.82) is 0 Å². The number of likely N-dealkylation sites (tertiary alicyclic amines) is 1. The fourth-order valence-electron chi connectivity index (χ4n) is 6.22. The summed E-state index contributed by atoms with van der Waals surface area (Å²) in [7, 11) is -1.05. The van der Waals surface area contributed by atoms with Crippen molar-refractivity contribution in [2.75, 3.05) is 6.61 Å². The van der Waals surface area contributed by atoms with Crippen molar-refractivity contribution in [3.8, 4) is 5.75 Å². The maximum Gasteiger partial charge on any atom is 0.455 e. The maximum absolute atomic E-state index is 13.6. The SMILES string of the molecule is CC/C(=C\c1cc(Br)ccc1O)CC[C@H]1OB(O)C[C@H]2C1=C(CO)C[C@H]1C(=O)N(Cc3cccs3)C(=O)[C@H]12. The number of carbonyl (C=O) groups is 2. The van der Waals surface area contributed by atoms with Crippen LogP contribution in [0, 0.1) is 17.8 Å². The predicted octanol–water partition coefficient (Wildman–Crippen LogP) is 4.78. The average Bonchev–Trinajstić information content (AvgIpc) is 3.50. The zero-order valence-corrected chi connectivity index (χ0v) is 23.6. The summed E-state index contributed by atoms with van der Waals surface area (Å²) < 4.78 is 6.86. The Morgan fingerprint density at radius 1 is 1.26 bits per heavy atom. The number of aromatic hydroxyl groups is 1. The van der Waals surface area contributed by atoms with Gasteiger partial charge in [0.1, 0.15) is 5.75 Å². The number of benzene rings is 1. The summed E-state index contributed by atoms with van der Waals surface area (Å²) >= 11 is 4.96. The lowest BCUT2D eigenvalue weighted by Crippen LogP contribution is -2.46. The van der Waals surface area contributed by atoms with E-state index >= 15 is 0 Å². The van der Waals surface area contributed by atoms with Gasteiger partial charge in [-0.05, 0) is 78.7 Å². The third-order valence-electron chi connectivity index (χ3n) is 8.02. The number of amides is 2. The number of aliphatic hydroxyl groups is 1. The summed E-state index contributed by atoms with van der Waals surface area (Å²) in [5.74, 6) is -1.61. The van der Waals surface area contributed by atoms with Crippen LogP contribution in [0.2, 0.25) is 6.32 Å². The molecule has 3 heterocycles. The monoisotopic (exact) mass is 599 g/mol. The molecule has 5 rings (SSSR count). The van der Waals surface area contributed by atoms with Gasteiger partial charge >= 0.3 is 7.12 Å². The van der Waals surface area contributed by atoms with Gasteiger partial charge in [0.15, 0.2) is 0 Å². The zero-order chi connectivity index (χ0) is 27.0. The van der Waals surface area contributed by atoms with E-state index < -0.39 is 25.1 Å². The Morgan fingerprint density at radius 3 is 2.79 bits per heavy atom. The van der Waals surface area contributed by atoms with Crippen molar-refractivity contribution in [2.24, 2.45) is 17.8 Å². The van der Waals surface area contributed by atoms with Gasteiger partial charge in [-0.15, -0.1) is 11.3 Å². The van der Waals surface area contributed by atoms with Crippen LogP contribution in [0.5, 0.6) is 5.75 Å². The van der Waals surface area contributed by atoms with Gasteiger partial charge in [0.05, 0.1) is 31.1 Å². The number of phenols is 1. The van der Waals surface area contributed by atoms with Gasteiger partial charge in [-0.3, -0.25) is 14.5 Å². The van der Waals surface area contributed by atoms with Gasteiger partial charge in [-0.1, -0.05) is 40.6 Å². The molecule has 0 radical (unpaired) electrons. The minimum atomic E-state index is -1.05. The molecule has 7 nitrogen and oxygen atoms in total. The van der Waals surface area contributed by atoms with Gasteiger partial charge in [0.2, 0.25) is 11.8 Å². The average molecular weight is 600 g/mol. The highest BCUT2D eigenvalue weighted by Crippen LogP contribution is 2.50. The largest absolute Gasteiger partial charge is 0.507 e. The molecular formula is C28H31BBrNO6S. The fourth-order valence-corrected chi connectivity index (χ4v) is 7.29. The lowest BCUT2D eigenvalue weighted by Gasteiger charge is -2.43. The first-order valence-electron chi connectivity index (χ1n) is 13.0. The van der Waals surface area contributed by atoms with Crippen molar-refractivity contribution in [3.63, 3.8) is 0 Å². The first-order valence-corrected chi connectivity index (χ1v) is 14.7. The van der Waals surface area contributed by atoms with Crippen LogP contribution in [0.1, 0.15) is 43.0 Å². The van der Waals surface area contributed by atoms with Crippen LogP contribution in [-0.4, -0.2) is 51.8 Å². The van der Waals surface area contributed by atoms with Crippen molar-refractivity contribution < 1.29 is 29.5 Å². The highest BCUT2D eigenvalue weighted by molar-refractivity contribution is 9.10. The minimum absolute atomic E-state index is 0.194. The van der Waals surface area contributed by atoms with Gasteiger partial charge < -0.3 is 19.9 Å². The Morgan fingerprint density at radius 2 is 2.08 bits per heavy atom. The molecule has 0 bridgehead atoms. The molecule has 2 saturated heterocycles. The normalized spacial score (nSPS) is 25.7. The van der Waals surface area contributed by atoms with Gasteiger partial charge in [-0.25, -0.2) is 0 Å². The molecule has 0 spiro atoms. The molecule has 4 atom stereocenters. The van der Waals surface area contributed by atoms with Crippen molar-refractivity contribution in [1.82, 2.24) is 4.90 Å². The van der Waals surface area contributed by atoms with Crippen LogP contribution in [-0.2, 0) is 20.8 Å². The number of carbonyl (C=O) groups excluding carboxylic acids is 2. The molecule has 1 aromatic carbocycles. The quantitative estimate of drug-likeness (QED) is 0.229. The number of hydrogen-bond acceptors (Lipinski definition) is 7. The zero-order valence-electron chi connectivity index (χ0n) is 21.2. The molecule has 2 aromatic rings. The Hall–Kier alpha value is -2.24. The van der Waals surface area contributed by atoms with E-state index in [0.29, 0.717) is 19.3 Å². The van der Waals surface area contributed by atoms with Gasteiger partial charge in [0, 0.05) is 14.9 Å². The number of hydrogen-bond donors (Lipinski definition) is 3. The fraction of sp³-hybridized carbons (Fsp3) is 0.429. The Balaban J connectivity index is 1.39. The first kappa shape index (κ1) is 27.3. The smallest absolute Gasteiger partial charge is 0.455 e. The van der Waals surface area contributed by atoms with E-state index in [1.807, 2.05) is 29.7 Å². The van der Waals surface area contributed by atoms with Crippen LogP contribution in [0.15, 0.2) is 56.9 Å².